The van der Waals surface area contributed by atoms with Gasteiger partial charge in [-0.25, -0.2) is 0 Å². The minimum absolute atomic E-state index is 0.106. The fraction of sp³-hybridized carbons (Fsp3) is 0.903. The topological polar surface area (TPSA) is 94.2 Å². The van der Waals surface area contributed by atoms with Gasteiger partial charge < -0.3 is 19.5 Å². The molecule has 1 amide bonds. The Hall–Kier alpha value is -1.32. The first-order valence-corrected chi connectivity index (χ1v) is 17.1. The van der Waals surface area contributed by atoms with E-state index in [1.807, 2.05) is 6.92 Å². The SMILES string of the molecule is CCCCCCCCC(C)OC(=O)C(CSCCC(=O)OCCCCCC)CC(=O)NCCCN1CCOCC1. The Labute approximate surface area is 248 Å². The normalized spacial score (nSPS) is 15.4. The predicted octanol–water partition coefficient (Wildman–Crippen LogP) is 5.76. The van der Waals surface area contributed by atoms with Crippen molar-refractivity contribution in [1.82, 2.24) is 10.2 Å². The molecule has 1 fully saturated rings. The predicted molar refractivity (Wildman–Crippen MR) is 164 cm³/mol. The summed E-state index contributed by atoms with van der Waals surface area (Å²) in [6.45, 7) is 11.7. The van der Waals surface area contributed by atoms with Crippen LogP contribution in [0.25, 0.3) is 0 Å². The smallest absolute Gasteiger partial charge is 0.310 e. The van der Waals surface area contributed by atoms with Gasteiger partial charge in [0.25, 0.3) is 0 Å². The summed E-state index contributed by atoms with van der Waals surface area (Å²) in [4.78, 5) is 40.1. The Bertz CT molecular complexity index is 660. The van der Waals surface area contributed by atoms with E-state index < -0.39 is 5.92 Å². The van der Waals surface area contributed by atoms with Gasteiger partial charge in [-0.1, -0.05) is 65.2 Å². The molecular formula is C31H58N2O6S. The summed E-state index contributed by atoms with van der Waals surface area (Å²) in [5.74, 6) is -0.151. The standard InChI is InChI=1S/C31H58N2O6S/c1-4-6-8-10-11-12-15-27(3)39-31(36)28(26-40-24-16-30(35)38-21-13-9-7-5-2)25-29(34)32-17-14-18-33-19-22-37-23-20-33/h27-28H,4-26H2,1-3H3,(H,32,34). The summed E-state index contributed by atoms with van der Waals surface area (Å²) >= 11 is 1.51. The fourth-order valence-electron chi connectivity index (χ4n) is 4.60. The van der Waals surface area contributed by atoms with Crippen molar-refractivity contribution in [1.29, 1.82) is 0 Å². The second-order valence-electron chi connectivity index (χ2n) is 11.0. The van der Waals surface area contributed by atoms with E-state index in [0.717, 1.165) is 84.2 Å². The van der Waals surface area contributed by atoms with E-state index in [0.29, 0.717) is 31.1 Å². The molecule has 1 aliphatic heterocycles. The molecule has 2 atom stereocenters. The largest absolute Gasteiger partial charge is 0.466 e. The second-order valence-corrected chi connectivity index (χ2v) is 12.1. The number of esters is 2. The van der Waals surface area contributed by atoms with E-state index in [1.54, 1.807) is 0 Å². The fourth-order valence-corrected chi connectivity index (χ4v) is 5.61. The molecule has 8 nitrogen and oxygen atoms in total. The van der Waals surface area contributed by atoms with Crippen molar-refractivity contribution in [2.24, 2.45) is 5.92 Å². The van der Waals surface area contributed by atoms with Crippen molar-refractivity contribution in [3.63, 3.8) is 0 Å². The Balaban J connectivity index is 2.41. The Kier molecular flexibility index (Phi) is 23.3. The molecule has 0 aromatic carbocycles. The lowest BCUT2D eigenvalue weighted by Gasteiger charge is -2.26. The van der Waals surface area contributed by atoms with Gasteiger partial charge in [-0.3, -0.25) is 19.3 Å². The van der Waals surface area contributed by atoms with Crippen LogP contribution < -0.4 is 5.32 Å². The number of nitrogens with zero attached hydrogens (tertiary/aromatic N) is 1. The maximum absolute atomic E-state index is 13.0. The van der Waals surface area contributed by atoms with Crippen molar-refractivity contribution in [2.75, 3.05) is 57.5 Å². The van der Waals surface area contributed by atoms with Gasteiger partial charge in [0.1, 0.15) is 0 Å². The van der Waals surface area contributed by atoms with Crippen molar-refractivity contribution < 1.29 is 28.6 Å². The maximum atomic E-state index is 13.0. The molecule has 1 aliphatic rings. The highest BCUT2D eigenvalue weighted by Gasteiger charge is 2.25. The minimum atomic E-state index is -0.527. The van der Waals surface area contributed by atoms with Crippen LogP contribution in [0.15, 0.2) is 0 Å². The zero-order valence-corrected chi connectivity index (χ0v) is 26.5. The van der Waals surface area contributed by atoms with Gasteiger partial charge in [-0.2, -0.15) is 11.8 Å². The van der Waals surface area contributed by atoms with Crippen molar-refractivity contribution in [3.05, 3.63) is 0 Å². The van der Waals surface area contributed by atoms with Gasteiger partial charge in [-0.05, 0) is 39.2 Å². The molecule has 0 bridgehead atoms. The molecule has 0 radical (unpaired) electrons. The van der Waals surface area contributed by atoms with E-state index in [4.69, 9.17) is 14.2 Å². The number of carbonyl (C=O) groups excluding carboxylic acids is 3. The molecule has 0 spiro atoms. The van der Waals surface area contributed by atoms with Crippen LogP contribution in [0.1, 0.15) is 111 Å². The number of ether oxygens (including phenoxy) is 3. The molecule has 1 rings (SSSR count). The molecule has 0 saturated carbocycles. The molecule has 40 heavy (non-hydrogen) atoms. The second kappa shape index (κ2) is 25.4. The van der Waals surface area contributed by atoms with Crippen LogP contribution >= 0.6 is 11.8 Å². The minimum Gasteiger partial charge on any atom is -0.466 e. The zero-order chi connectivity index (χ0) is 29.3. The molecule has 0 aliphatic carbocycles. The number of nitrogens with one attached hydrogen (secondary N) is 1. The Morgan fingerprint density at radius 3 is 2.33 bits per heavy atom. The third-order valence-corrected chi connectivity index (χ3v) is 8.29. The van der Waals surface area contributed by atoms with Crippen LogP contribution in [-0.4, -0.2) is 86.4 Å². The van der Waals surface area contributed by atoms with Crippen LogP contribution in [0.4, 0.5) is 0 Å². The van der Waals surface area contributed by atoms with E-state index in [-0.39, 0.29) is 30.4 Å². The van der Waals surface area contributed by atoms with Gasteiger partial charge in [0.05, 0.1) is 38.3 Å². The maximum Gasteiger partial charge on any atom is 0.310 e. The monoisotopic (exact) mass is 586 g/mol. The number of amides is 1. The van der Waals surface area contributed by atoms with Gasteiger partial charge >= 0.3 is 11.9 Å². The Morgan fingerprint density at radius 1 is 0.925 bits per heavy atom. The molecule has 0 aromatic rings. The van der Waals surface area contributed by atoms with E-state index >= 15 is 0 Å². The third kappa shape index (κ3) is 20.5. The molecule has 1 saturated heterocycles. The van der Waals surface area contributed by atoms with E-state index in [2.05, 4.69) is 24.1 Å². The lowest BCUT2D eigenvalue weighted by Crippen LogP contribution is -2.38. The third-order valence-electron chi connectivity index (χ3n) is 7.15. The average molecular weight is 587 g/mol. The molecule has 1 N–H and O–H groups in total. The number of unbranched alkanes of at least 4 members (excludes halogenated alkanes) is 8. The van der Waals surface area contributed by atoms with Gasteiger partial charge in [0.2, 0.25) is 5.91 Å². The Morgan fingerprint density at radius 2 is 1.60 bits per heavy atom. The van der Waals surface area contributed by atoms with Crippen molar-refractivity contribution in [3.8, 4) is 0 Å². The molecule has 1 heterocycles. The summed E-state index contributed by atoms with van der Waals surface area (Å²) in [5, 5.41) is 2.98. The van der Waals surface area contributed by atoms with Crippen molar-refractivity contribution >= 4 is 29.6 Å². The average Bonchev–Trinajstić information content (AvgIpc) is 2.95. The van der Waals surface area contributed by atoms with Gasteiger partial charge in [0, 0.05) is 37.6 Å². The number of thioether (sulfide) groups is 1. The highest BCUT2D eigenvalue weighted by atomic mass is 32.2. The van der Waals surface area contributed by atoms with Crippen molar-refractivity contribution in [2.45, 2.75) is 117 Å². The highest BCUT2D eigenvalue weighted by molar-refractivity contribution is 7.99. The first kappa shape index (κ1) is 36.7. The van der Waals surface area contributed by atoms with E-state index in [1.165, 1.54) is 37.4 Å². The number of hydrogen-bond donors (Lipinski definition) is 1. The first-order chi connectivity index (χ1) is 19.5. The lowest BCUT2D eigenvalue weighted by atomic mass is 10.1. The summed E-state index contributed by atoms with van der Waals surface area (Å²) in [6, 6.07) is 0. The number of hydrogen-bond acceptors (Lipinski definition) is 8. The van der Waals surface area contributed by atoms with E-state index in [9.17, 15) is 14.4 Å². The summed E-state index contributed by atoms with van der Waals surface area (Å²) < 4.78 is 16.5. The van der Waals surface area contributed by atoms with Crippen LogP contribution in [-0.2, 0) is 28.6 Å². The molecule has 2 unspecified atom stereocenters. The van der Waals surface area contributed by atoms with Crippen LogP contribution in [0.3, 0.4) is 0 Å². The summed E-state index contributed by atoms with van der Waals surface area (Å²) in [6.07, 6.45) is 13.4. The van der Waals surface area contributed by atoms with Crippen LogP contribution in [0.2, 0.25) is 0 Å². The van der Waals surface area contributed by atoms with Gasteiger partial charge in [-0.15, -0.1) is 0 Å². The van der Waals surface area contributed by atoms with Gasteiger partial charge in [0.15, 0.2) is 0 Å². The molecule has 9 heteroatoms. The quantitative estimate of drug-likeness (QED) is 0.107. The molecular weight excluding hydrogens is 528 g/mol. The molecule has 0 aromatic heterocycles. The zero-order valence-electron chi connectivity index (χ0n) is 25.7. The summed E-state index contributed by atoms with van der Waals surface area (Å²) in [7, 11) is 0. The number of rotatable bonds is 25. The highest BCUT2D eigenvalue weighted by Crippen LogP contribution is 2.18. The molecule has 234 valence electrons. The lowest BCUT2D eigenvalue weighted by molar-refractivity contribution is -0.154. The van der Waals surface area contributed by atoms with Crippen LogP contribution in [0, 0.1) is 5.92 Å². The van der Waals surface area contributed by atoms with Crippen LogP contribution in [0.5, 0.6) is 0 Å². The first-order valence-electron chi connectivity index (χ1n) is 16.0. The number of carbonyl (C=O) groups is 3. The summed E-state index contributed by atoms with van der Waals surface area (Å²) in [5.41, 5.74) is 0. The number of morpholine rings is 1.